The first-order chi connectivity index (χ1) is 44.5. The Morgan fingerprint density at radius 2 is 0.456 bits per heavy atom. The summed E-state index contributed by atoms with van der Waals surface area (Å²) in [6.45, 7) is 0. The molecule has 6 aromatic rings. The monoisotopic (exact) mass is 1230 g/mol. The van der Waals surface area contributed by atoms with Gasteiger partial charge in [-0.3, -0.25) is 0 Å². The molecule has 8 aliphatic carbocycles. The van der Waals surface area contributed by atoms with Crippen LogP contribution in [0.3, 0.4) is 0 Å². The molecule has 2 aromatic heterocycles. The molecular weight excluding hydrogens is 1140 g/mol. The summed E-state index contributed by atoms with van der Waals surface area (Å²) in [4.78, 5) is 36.4. The second kappa shape index (κ2) is 24.4. The van der Waals surface area contributed by atoms with E-state index in [-0.39, 0.29) is 0 Å². The van der Waals surface area contributed by atoms with Crippen LogP contribution in [-0.4, -0.2) is 44.1 Å². The molecule has 0 saturated heterocycles. The quantitative estimate of drug-likeness (QED) is 0.136. The van der Waals surface area contributed by atoms with Gasteiger partial charge in [0.2, 0.25) is 0 Å². The molecule has 10 heteroatoms. The molecule has 0 N–H and O–H groups in total. The van der Waals surface area contributed by atoms with Crippen LogP contribution in [0.5, 0.6) is 0 Å². The van der Waals surface area contributed by atoms with Crippen LogP contribution in [0.1, 0.15) is 371 Å². The third-order valence-electron chi connectivity index (χ3n) is 25.8. The van der Waals surface area contributed by atoms with Crippen LogP contribution in [0.15, 0.2) is 78.5 Å². The van der Waals surface area contributed by atoms with E-state index in [1.165, 1.54) is 278 Å². The maximum Gasteiger partial charge on any atom is 0.722 e. The summed E-state index contributed by atoms with van der Waals surface area (Å²) in [5, 5.41) is 4.73. The predicted molar refractivity (Wildman–Crippen MR) is 374 cm³/mol. The van der Waals surface area contributed by atoms with Gasteiger partial charge in [0.25, 0.3) is 0 Å². The van der Waals surface area contributed by atoms with E-state index in [1.54, 1.807) is 44.5 Å². The van der Waals surface area contributed by atoms with E-state index < -0.39 is 13.7 Å². The van der Waals surface area contributed by atoms with Gasteiger partial charge < -0.3 is 7.10 Å². The molecule has 8 fully saturated rings. The van der Waals surface area contributed by atoms with Crippen LogP contribution in [0.25, 0.3) is 21.5 Å². The molecule has 12 aliphatic rings. The molecule has 4 aliphatic heterocycles. The van der Waals surface area contributed by atoms with Gasteiger partial charge in [0.1, 0.15) is 22.6 Å². The number of rotatable bonds is 8. The Hall–Kier alpha value is -4.94. The van der Waals surface area contributed by atoms with Gasteiger partial charge >= 0.3 is 13.7 Å². The Morgan fingerprint density at radius 3 is 0.700 bits per heavy atom. The average Bonchev–Trinajstić information content (AvgIpc) is 1.56. The highest BCUT2D eigenvalue weighted by atomic mass is 35.6. The number of amidine groups is 4. The Labute approximate surface area is 544 Å². The molecule has 90 heavy (non-hydrogen) atoms. The van der Waals surface area contributed by atoms with Gasteiger partial charge in [0.15, 0.2) is 23.3 Å². The van der Waals surface area contributed by atoms with Crippen molar-refractivity contribution in [2.75, 3.05) is 0 Å². The Balaban J connectivity index is 0.982. The lowest BCUT2D eigenvalue weighted by molar-refractivity contribution is 0.419. The first-order valence-electron chi connectivity index (χ1n) is 37.8. The summed E-state index contributed by atoms with van der Waals surface area (Å²) in [7, 11) is 9.01. The standard InChI is InChI=1S/C80H96N8.Al.ClH/c1-9-25-49(26-10-1)57-41-65-66(42-58(57)50-27-11-2-12-28-50)74-81-73(65)85-75-67-43-59(51-29-13-3-14-30-51)60(52-31-15-4-16-32-52)44-68(67)77(82-75)87-79-71-47-63(55-37-21-7-22-38-55)64(56-39-23-8-24-40-56)48-72(71)80(84-79)88-78-70-46-62(54-35-19-6-20-36-54)61(53-33-17-5-18-34-53)45-69(70)76(83-78)86-74;;/h41-56H,1-40H2;;1H/q-2;+3;/p-1. The molecule has 18 rings (SSSR count). The lowest BCUT2D eigenvalue weighted by Gasteiger charge is -2.30. The minimum atomic E-state index is -3.04. The first kappa shape index (κ1) is 57.7. The summed E-state index contributed by atoms with van der Waals surface area (Å²) in [6, 6.07) is 21.2. The molecule has 0 radical (unpaired) electrons. The van der Waals surface area contributed by atoms with Gasteiger partial charge in [-0.15, -0.1) is 0 Å². The van der Waals surface area contributed by atoms with Crippen LogP contribution in [-0.2, 0) is 0 Å². The van der Waals surface area contributed by atoms with Crippen molar-refractivity contribution in [2.45, 2.75) is 304 Å². The first-order valence-corrected chi connectivity index (χ1v) is 40.6. The van der Waals surface area contributed by atoms with Gasteiger partial charge in [0, 0.05) is 43.8 Å². The molecule has 466 valence electrons. The van der Waals surface area contributed by atoms with Gasteiger partial charge in [-0.05, 0) is 243 Å². The molecule has 6 heterocycles. The molecule has 0 atom stereocenters. The predicted octanol–water partition coefficient (Wildman–Crippen LogP) is 21.5. The molecule has 0 spiro atoms. The highest BCUT2D eigenvalue weighted by molar-refractivity contribution is 7.05. The largest absolute Gasteiger partial charge is 0.722 e. The van der Waals surface area contributed by atoms with E-state index in [1.807, 2.05) is 0 Å². The second-order valence-electron chi connectivity index (χ2n) is 31.1. The molecule has 4 aromatic carbocycles. The van der Waals surface area contributed by atoms with Crippen molar-refractivity contribution in [3.63, 3.8) is 0 Å². The summed E-state index contributed by atoms with van der Waals surface area (Å²) in [6.07, 6.45) is 51.8. The van der Waals surface area contributed by atoms with Crippen molar-refractivity contribution in [3.8, 4) is 0 Å². The van der Waals surface area contributed by atoms with Crippen LogP contribution < -0.4 is 11.0 Å². The van der Waals surface area contributed by atoms with Crippen molar-refractivity contribution in [2.24, 2.45) is 30.0 Å². The van der Waals surface area contributed by atoms with Gasteiger partial charge in [-0.2, -0.15) is 10.0 Å². The molecule has 0 amide bonds. The number of benzene rings is 4. The third-order valence-corrected chi connectivity index (χ3v) is 28.8. The van der Waals surface area contributed by atoms with Gasteiger partial charge in [-0.25, -0.2) is 30.0 Å². The molecular formula is C80H96AlClN8. The van der Waals surface area contributed by atoms with Crippen molar-refractivity contribution in [1.29, 1.82) is 0 Å². The van der Waals surface area contributed by atoms with E-state index >= 15 is 0 Å². The Bertz CT molecular complexity index is 3810. The van der Waals surface area contributed by atoms with Gasteiger partial charge in [-0.1, -0.05) is 154 Å². The van der Waals surface area contributed by atoms with E-state index in [0.717, 1.165) is 68.2 Å². The maximum absolute atomic E-state index is 9.01. The zero-order valence-corrected chi connectivity index (χ0v) is 56.0. The topological polar surface area (TPSA) is 84.0 Å². The lowest BCUT2D eigenvalue weighted by atomic mass is 9.74. The average molecular weight is 1230 g/mol. The third kappa shape index (κ3) is 10.1. The fourth-order valence-corrected chi connectivity index (χ4v) is 24.0. The van der Waals surface area contributed by atoms with Crippen LogP contribution in [0.4, 0.5) is 11.6 Å². The van der Waals surface area contributed by atoms with Gasteiger partial charge in [0.05, 0.1) is 0 Å². The summed E-state index contributed by atoms with van der Waals surface area (Å²) in [5.41, 5.74) is 19.1. The van der Waals surface area contributed by atoms with E-state index in [2.05, 4.69) is 55.6 Å². The molecule has 6 bridgehead atoms. The second-order valence-corrected chi connectivity index (χ2v) is 33.9. The van der Waals surface area contributed by atoms with Crippen molar-refractivity contribution >= 4 is 80.2 Å². The Morgan fingerprint density at radius 1 is 0.244 bits per heavy atom. The smallest absolute Gasteiger partial charge is 0.370 e. The number of hydrogen-bond donors (Lipinski definition) is 0. The normalized spacial score (nSPS) is 23.7. The molecule has 0 unspecified atom stereocenters. The summed E-state index contributed by atoms with van der Waals surface area (Å²) >= 11 is -3.04. The maximum atomic E-state index is 9.01. The van der Waals surface area contributed by atoms with Crippen molar-refractivity contribution in [1.82, 2.24) is 7.10 Å². The zero-order valence-electron chi connectivity index (χ0n) is 54.1. The number of nitrogens with zero attached hydrogens (tertiary/aromatic N) is 8. The fourth-order valence-electron chi connectivity index (χ4n) is 21.0. The molecule has 8 saturated carbocycles. The van der Waals surface area contributed by atoms with Crippen LogP contribution >= 0.6 is 10.0 Å². The highest BCUT2D eigenvalue weighted by Gasteiger charge is 2.42. The SMILES string of the molecule is [Cl][Al]1[n]2c3c4cc(C5CCCCC5)c(C5CCCCC5)cc4c2N=C2N=C(N=c4c5cc(C6CCCCC6)c(C6CCCCC6)cc5c([n]41)=NC1=NC(=N3)c3cc(C4CCCCC4)c(C4CCCCC4)cc31)c1cc(C3CCCCC3)c(C3CCCCC3)cc12. The zero-order chi connectivity index (χ0) is 59.4. The summed E-state index contributed by atoms with van der Waals surface area (Å²) < 4.78 is 4.99. The number of fused-ring (bicyclic) bond motifs is 14. The molecule has 8 nitrogen and oxygen atoms in total. The number of halogens is 1. The fraction of sp³-hybridized carbons (Fsp3) is 0.600. The van der Waals surface area contributed by atoms with Crippen LogP contribution in [0, 0.1) is 0 Å². The van der Waals surface area contributed by atoms with E-state index in [9.17, 15) is 0 Å². The summed E-state index contributed by atoms with van der Waals surface area (Å²) in [5.74, 6) is 9.40. The Kier molecular flexibility index (Phi) is 15.7. The van der Waals surface area contributed by atoms with E-state index in [4.69, 9.17) is 40.0 Å². The van der Waals surface area contributed by atoms with Crippen LogP contribution in [0.2, 0.25) is 0 Å². The minimum Gasteiger partial charge on any atom is -0.370 e. The highest BCUT2D eigenvalue weighted by Crippen LogP contribution is 2.52. The number of aliphatic imine (C=N–C) groups is 4. The number of hydrogen-bond acceptors (Lipinski definition) is 6. The van der Waals surface area contributed by atoms with Crippen molar-refractivity contribution < 1.29 is 0 Å². The van der Waals surface area contributed by atoms with E-state index in [0.29, 0.717) is 47.3 Å². The lowest BCUT2D eigenvalue weighted by Crippen LogP contribution is -2.43. The number of aromatic nitrogens is 2. The van der Waals surface area contributed by atoms with Crippen molar-refractivity contribution in [3.05, 3.63) is 126 Å². The minimum absolute atomic E-state index is 0.532.